The summed E-state index contributed by atoms with van der Waals surface area (Å²) in [6.07, 6.45) is 0. The fourth-order valence-corrected chi connectivity index (χ4v) is 1.77. The monoisotopic (exact) mass is 309 g/mol. The molecule has 0 aliphatic rings. The van der Waals surface area contributed by atoms with Gasteiger partial charge in [0.1, 0.15) is 11.5 Å². The van der Waals surface area contributed by atoms with Gasteiger partial charge in [0.15, 0.2) is 0 Å². The van der Waals surface area contributed by atoms with Gasteiger partial charge in [-0.3, -0.25) is 0 Å². The van der Waals surface area contributed by atoms with Crippen LogP contribution in [-0.2, 0) is 0 Å². The van der Waals surface area contributed by atoms with Crippen LogP contribution in [0.2, 0.25) is 5.28 Å². The van der Waals surface area contributed by atoms with Gasteiger partial charge in [-0.05, 0) is 23.7 Å². The second kappa shape index (κ2) is 6.45. The Kier molecular flexibility index (Phi) is 4.64. The third-order valence-corrected chi connectivity index (χ3v) is 2.82. The third kappa shape index (κ3) is 3.63. The van der Waals surface area contributed by atoms with E-state index >= 15 is 0 Å². The van der Waals surface area contributed by atoms with E-state index in [9.17, 15) is 0 Å². The molecule has 2 aromatic rings. The number of methoxy groups -OCH3 is 2. The molecule has 0 atom stereocenters. The highest BCUT2D eigenvalue weighted by molar-refractivity contribution is 6.28. The van der Waals surface area contributed by atoms with Crippen LogP contribution in [0.5, 0.6) is 11.5 Å². The molecule has 0 amide bonds. The molecule has 21 heavy (non-hydrogen) atoms. The van der Waals surface area contributed by atoms with Crippen LogP contribution in [0.4, 0.5) is 17.6 Å². The molecular formula is C13H16ClN5O2. The number of ether oxygens (including phenoxy) is 2. The van der Waals surface area contributed by atoms with Gasteiger partial charge in [0.05, 0.1) is 19.9 Å². The van der Waals surface area contributed by atoms with Gasteiger partial charge in [-0.2, -0.15) is 15.0 Å². The van der Waals surface area contributed by atoms with Crippen molar-refractivity contribution in [3.8, 4) is 11.5 Å². The number of benzene rings is 1. The molecular weight excluding hydrogens is 294 g/mol. The first-order valence-electron chi connectivity index (χ1n) is 6.11. The van der Waals surface area contributed by atoms with Crippen molar-refractivity contribution in [3.63, 3.8) is 0 Å². The third-order valence-electron chi connectivity index (χ3n) is 2.65. The fourth-order valence-electron chi connectivity index (χ4n) is 1.62. The number of anilines is 3. The van der Waals surface area contributed by atoms with Gasteiger partial charge in [0.2, 0.25) is 17.2 Å². The predicted octanol–water partition coefficient (Wildman–Crippen LogP) is 2.35. The highest BCUT2D eigenvalue weighted by Crippen LogP contribution is 2.30. The normalized spacial score (nSPS) is 10.1. The lowest BCUT2D eigenvalue weighted by Gasteiger charge is -2.14. The van der Waals surface area contributed by atoms with Crippen LogP contribution in [-0.4, -0.2) is 43.3 Å². The van der Waals surface area contributed by atoms with E-state index in [2.05, 4.69) is 20.3 Å². The van der Waals surface area contributed by atoms with Gasteiger partial charge >= 0.3 is 0 Å². The van der Waals surface area contributed by atoms with E-state index in [1.807, 2.05) is 20.2 Å². The largest absolute Gasteiger partial charge is 0.497 e. The van der Waals surface area contributed by atoms with Crippen LogP contribution in [0.1, 0.15) is 0 Å². The zero-order valence-electron chi connectivity index (χ0n) is 12.2. The van der Waals surface area contributed by atoms with Crippen molar-refractivity contribution in [1.29, 1.82) is 0 Å². The van der Waals surface area contributed by atoms with E-state index in [-0.39, 0.29) is 5.28 Å². The second-order valence-corrected chi connectivity index (χ2v) is 4.65. The number of hydrogen-bond donors (Lipinski definition) is 1. The van der Waals surface area contributed by atoms with Gasteiger partial charge in [-0.1, -0.05) is 0 Å². The quantitative estimate of drug-likeness (QED) is 0.908. The van der Waals surface area contributed by atoms with Gasteiger partial charge in [-0.15, -0.1) is 0 Å². The number of rotatable bonds is 5. The molecule has 0 unspecified atom stereocenters. The molecule has 1 aromatic carbocycles. The molecule has 0 aliphatic heterocycles. The van der Waals surface area contributed by atoms with Crippen molar-refractivity contribution in [1.82, 2.24) is 15.0 Å². The second-order valence-electron chi connectivity index (χ2n) is 4.31. The van der Waals surface area contributed by atoms with Crippen molar-refractivity contribution in [2.75, 3.05) is 38.5 Å². The van der Waals surface area contributed by atoms with Gasteiger partial charge in [-0.25, -0.2) is 0 Å². The van der Waals surface area contributed by atoms with Crippen LogP contribution in [0.15, 0.2) is 18.2 Å². The van der Waals surface area contributed by atoms with Gasteiger partial charge in [0.25, 0.3) is 0 Å². The molecule has 1 N–H and O–H groups in total. The summed E-state index contributed by atoms with van der Waals surface area (Å²) in [5.74, 6) is 2.10. The summed E-state index contributed by atoms with van der Waals surface area (Å²) >= 11 is 5.90. The van der Waals surface area contributed by atoms with Crippen molar-refractivity contribution in [2.45, 2.75) is 0 Å². The van der Waals surface area contributed by atoms with Gasteiger partial charge in [0, 0.05) is 20.2 Å². The van der Waals surface area contributed by atoms with Crippen LogP contribution in [0, 0.1) is 0 Å². The number of hydrogen-bond acceptors (Lipinski definition) is 7. The first-order chi connectivity index (χ1) is 10.0. The minimum atomic E-state index is 0.115. The molecule has 0 fully saturated rings. The standard InChI is InChI=1S/C13H16ClN5O2/c1-19(2)13-17-11(14)16-12(18-13)15-9-6-5-8(20-3)7-10(9)21-4/h5-7H,1-4H3,(H,15,16,17,18). The maximum Gasteiger partial charge on any atom is 0.233 e. The molecule has 2 rings (SSSR count). The maximum absolute atomic E-state index is 5.90. The Balaban J connectivity index is 2.33. The molecule has 112 valence electrons. The summed E-state index contributed by atoms with van der Waals surface area (Å²) in [6.45, 7) is 0. The summed E-state index contributed by atoms with van der Waals surface area (Å²) in [7, 11) is 6.81. The summed E-state index contributed by atoms with van der Waals surface area (Å²) < 4.78 is 10.5. The molecule has 7 nitrogen and oxygen atoms in total. The number of halogens is 1. The van der Waals surface area contributed by atoms with E-state index in [1.165, 1.54) is 0 Å². The summed E-state index contributed by atoms with van der Waals surface area (Å²) in [6, 6.07) is 5.38. The van der Waals surface area contributed by atoms with Crippen molar-refractivity contribution in [3.05, 3.63) is 23.5 Å². The van der Waals surface area contributed by atoms with Crippen molar-refractivity contribution in [2.24, 2.45) is 0 Å². The Hall–Kier alpha value is -2.28. The molecule has 0 spiro atoms. The molecule has 0 aliphatic carbocycles. The van der Waals surface area contributed by atoms with Crippen molar-refractivity contribution >= 4 is 29.2 Å². The van der Waals surface area contributed by atoms with Crippen LogP contribution in [0.25, 0.3) is 0 Å². The predicted molar refractivity (Wildman–Crippen MR) is 82.0 cm³/mol. The fraction of sp³-hybridized carbons (Fsp3) is 0.308. The zero-order valence-corrected chi connectivity index (χ0v) is 13.0. The average Bonchev–Trinajstić information content (AvgIpc) is 2.47. The number of nitrogens with one attached hydrogen (secondary N) is 1. The van der Waals surface area contributed by atoms with Crippen LogP contribution in [0.3, 0.4) is 0 Å². The highest BCUT2D eigenvalue weighted by Gasteiger charge is 2.10. The lowest BCUT2D eigenvalue weighted by molar-refractivity contribution is 0.395. The molecule has 1 aromatic heterocycles. The minimum absolute atomic E-state index is 0.115. The molecule has 0 bridgehead atoms. The molecule has 8 heteroatoms. The van der Waals surface area contributed by atoms with E-state index < -0.39 is 0 Å². The first kappa shape index (κ1) is 15.1. The van der Waals surface area contributed by atoms with E-state index in [0.717, 1.165) is 0 Å². The van der Waals surface area contributed by atoms with Crippen LogP contribution < -0.4 is 19.7 Å². The van der Waals surface area contributed by atoms with Gasteiger partial charge < -0.3 is 19.7 Å². The minimum Gasteiger partial charge on any atom is -0.497 e. The average molecular weight is 310 g/mol. The Morgan fingerprint density at radius 3 is 2.48 bits per heavy atom. The highest BCUT2D eigenvalue weighted by atomic mass is 35.5. The Labute approximate surface area is 127 Å². The molecule has 0 saturated carbocycles. The smallest absolute Gasteiger partial charge is 0.233 e. The number of nitrogens with zero attached hydrogens (tertiary/aromatic N) is 4. The van der Waals surface area contributed by atoms with E-state index in [4.69, 9.17) is 21.1 Å². The summed E-state index contributed by atoms with van der Waals surface area (Å²) in [4.78, 5) is 14.1. The molecule has 0 saturated heterocycles. The van der Waals surface area contributed by atoms with Crippen LogP contribution >= 0.6 is 11.6 Å². The molecule has 0 radical (unpaired) electrons. The lowest BCUT2D eigenvalue weighted by atomic mass is 10.2. The SMILES string of the molecule is COc1ccc(Nc2nc(Cl)nc(N(C)C)n2)c(OC)c1. The number of aromatic nitrogens is 3. The Morgan fingerprint density at radius 2 is 1.86 bits per heavy atom. The van der Waals surface area contributed by atoms with E-state index in [0.29, 0.717) is 29.1 Å². The Morgan fingerprint density at radius 1 is 1.10 bits per heavy atom. The first-order valence-corrected chi connectivity index (χ1v) is 6.49. The molecule has 1 heterocycles. The topological polar surface area (TPSA) is 72.4 Å². The maximum atomic E-state index is 5.90. The summed E-state index contributed by atoms with van der Waals surface area (Å²) in [5.41, 5.74) is 0.699. The van der Waals surface area contributed by atoms with E-state index in [1.54, 1.807) is 31.3 Å². The summed E-state index contributed by atoms with van der Waals surface area (Å²) in [5, 5.41) is 3.17. The zero-order chi connectivity index (χ0) is 15.4. The van der Waals surface area contributed by atoms with Crippen molar-refractivity contribution < 1.29 is 9.47 Å². The Bertz CT molecular complexity index is 636. The lowest BCUT2D eigenvalue weighted by Crippen LogP contribution is -2.14.